The molecule has 1 aromatic rings. The molecule has 1 aliphatic heterocycles. The topological polar surface area (TPSA) is 6.48 Å². The Labute approximate surface area is 101 Å². The predicted molar refractivity (Wildman–Crippen MR) is 75.7 cm³/mol. The van der Waals surface area contributed by atoms with Crippen LogP contribution in [0.15, 0.2) is 30.3 Å². The lowest BCUT2D eigenvalue weighted by molar-refractivity contribution is 0.553. The van der Waals surface area contributed by atoms with E-state index in [1.165, 1.54) is 13.1 Å². The number of hydrogen-bond acceptors (Lipinski definition) is 2. The van der Waals surface area contributed by atoms with E-state index in [0.717, 1.165) is 0 Å². The van der Waals surface area contributed by atoms with Crippen molar-refractivity contribution in [2.45, 2.75) is 13.1 Å². The third-order valence-electron chi connectivity index (χ3n) is 3.37. The van der Waals surface area contributed by atoms with Crippen molar-refractivity contribution in [2.24, 2.45) is 0 Å². The summed E-state index contributed by atoms with van der Waals surface area (Å²) >= 11 is 0. The third-order valence-corrected chi connectivity index (χ3v) is 13.6. The highest BCUT2D eigenvalue weighted by molar-refractivity contribution is 7.93. The molecule has 0 saturated carbocycles. The molecule has 0 aliphatic carbocycles. The molecule has 1 aliphatic rings. The summed E-state index contributed by atoms with van der Waals surface area (Å²) in [5.74, 6) is 0. The molecule has 1 aromatic carbocycles. The molecule has 0 unspecified atom stereocenters. The molecule has 0 amide bonds. The molecule has 1 saturated heterocycles. The number of benzene rings is 1. The van der Waals surface area contributed by atoms with E-state index in [0.29, 0.717) is 0 Å². The van der Waals surface area contributed by atoms with Gasteiger partial charge in [0, 0.05) is 20.9 Å². The average Bonchev–Trinajstić information content (AvgIpc) is 2.60. The lowest BCUT2D eigenvalue weighted by Gasteiger charge is -2.38. The van der Waals surface area contributed by atoms with Crippen LogP contribution in [0.25, 0.3) is 0 Å². The largest absolute Gasteiger partial charge is 0.275 e. The molecule has 2 rings (SSSR count). The van der Waals surface area contributed by atoms with E-state index < -0.39 is 7.74 Å². The minimum Gasteiger partial charge on any atom is -0.275 e. The summed E-state index contributed by atoms with van der Waals surface area (Å²) in [6.45, 7) is 7.47. The fraction of sp³-hybridized carbons (Fsp3) is 0.500. The van der Waals surface area contributed by atoms with Gasteiger partial charge in [-0.15, -0.1) is 0 Å². The van der Waals surface area contributed by atoms with Crippen molar-refractivity contribution in [3.05, 3.63) is 30.3 Å². The van der Waals surface area contributed by atoms with Crippen LogP contribution in [0, 0.1) is 0 Å². The Morgan fingerprint density at radius 1 is 1.00 bits per heavy atom. The second kappa shape index (κ2) is 4.57. The zero-order valence-electron chi connectivity index (χ0n) is 10.6. The van der Waals surface area contributed by atoms with Crippen LogP contribution in [0.2, 0.25) is 13.1 Å². The van der Waals surface area contributed by atoms with Crippen molar-refractivity contribution >= 4 is 20.7 Å². The van der Waals surface area contributed by atoms with Gasteiger partial charge in [-0.05, 0) is 14.1 Å². The normalized spacial score (nSPS) is 20.5. The first-order valence-electron chi connectivity index (χ1n) is 5.81. The van der Waals surface area contributed by atoms with Gasteiger partial charge in [0.1, 0.15) is 7.74 Å². The van der Waals surface area contributed by atoms with Gasteiger partial charge in [-0.3, -0.25) is 9.34 Å². The fourth-order valence-electron chi connectivity index (χ4n) is 2.55. The zero-order chi connectivity index (χ0) is 11.8. The predicted octanol–water partition coefficient (Wildman–Crippen LogP) is 2.29. The van der Waals surface area contributed by atoms with E-state index in [4.69, 9.17) is 0 Å². The number of rotatable bonds is 2. The number of hydrogen-bond donors (Lipinski definition) is 0. The molecule has 1 fully saturated rings. The first-order chi connectivity index (χ1) is 7.53. The van der Waals surface area contributed by atoms with Gasteiger partial charge >= 0.3 is 0 Å². The van der Waals surface area contributed by atoms with Gasteiger partial charge in [-0.25, -0.2) is 0 Å². The van der Waals surface area contributed by atoms with Crippen molar-refractivity contribution < 1.29 is 0 Å². The summed E-state index contributed by atoms with van der Waals surface area (Å²) in [6, 6.07) is 11.1. The number of nitrogens with zero attached hydrogens (tertiary/aromatic N) is 2. The molecular weight excluding hydrogens is 231 g/mol. The molecule has 0 aromatic heterocycles. The summed E-state index contributed by atoms with van der Waals surface area (Å²) in [6.07, 6.45) is 0. The van der Waals surface area contributed by atoms with Crippen LogP contribution < -0.4 is 5.19 Å². The zero-order valence-corrected chi connectivity index (χ0v) is 12.5. The van der Waals surface area contributed by atoms with Crippen LogP contribution in [0.4, 0.5) is 0 Å². The van der Waals surface area contributed by atoms with Gasteiger partial charge in [-0.2, -0.15) is 0 Å². The maximum absolute atomic E-state index is 2.58. The molecule has 0 N–H and O–H groups in total. The molecule has 2 nitrogen and oxygen atoms in total. The smallest absolute Gasteiger partial charge is 0.142 e. The van der Waals surface area contributed by atoms with Crippen LogP contribution in [0.1, 0.15) is 0 Å². The summed E-state index contributed by atoms with van der Waals surface area (Å²) < 4.78 is 5.16. The Bertz CT molecular complexity index is 345. The van der Waals surface area contributed by atoms with E-state index in [1.807, 2.05) is 0 Å². The fourth-order valence-corrected chi connectivity index (χ4v) is 13.4. The Kier molecular flexibility index (Phi) is 3.50. The second-order valence-electron chi connectivity index (χ2n) is 4.98. The van der Waals surface area contributed by atoms with Crippen molar-refractivity contribution in [1.29, 1.82) is 0 Å². The lowest BCUT2D eigenvalue weighted by Crippen LogP contribution is -2.44. The van der Waals surface area contributed by atoms with Gasteiger partial charge < -0.3 is 0 Å². The monoisotopic (exact) mass is 252 g/mol. The Hall–Kier alpha value is -0.213. The molecular formula is C12H21N2PSi. The summed E-state index contributed by atoms with van der Waals surface area (Å²) in [7, 11) is 3.13. The summed E-state index contributed by atoms with van der Waals surface area (Å²) in [5, 5.41) is 1.58. The van der Waals surface area contributed by atoms with Gasteiger partial charge in [0.25, 0.3) is 0 Å². The highest BCUT2D eigenvalue weighted by Gasteiger charge is 2.42. The van der Waals surface area contributed by atoms with Crippen LogP contribution in [-0.4, -0.2) is 44.3 Å². The molecule has 0 radical (unpaired) electrons. The van der Waals surface area contributed by atoms with E-state index in [2.05, 4.69) is 66.9 Å². The highest BCUT2D eigenvalue weighted by atomic mass is 31.4. The molecule has 1 heterocycles. The minimum absolute atomic E-state index is 0.0815. The second-order valence-corrected chi connectivity index (χ2v) is 15.2. The molecule has 0 spiro atoms. The van der Waals surface area contributed by atoms with E-state index in [9.17, 15) is 0 Å². The molecule has 4 heteroatoms. The third kappa shape index (κ3) is 2.10. The maximum atomic E-state index is 2.58. The van der Waals surface area contributed by atoms with E-state index in [1.54, 1.807) is 5.19 Å². The summed E-state index contributed by atoms with van der Waals surface area (Å²) in [5.41, 5.74) is 0. The lowest BCUT2D eigenvalue weighted by atomic mass is 10.4. The van der Waals surface area contributed by atoms with Gasteiger partial charge in [0.2, 0.25) is 0 Å². The quantitative estimate of drug-likeness (QED) is 0.588. The Balaban J connectivity index is 2.31. The molecule has 0 bridgehead atoms. The van der Waals surface area contributed by atoms with Crippen LogP contribution in [0.5, 0.6) is 0 Å². The van der Waals surface area contributed by atoms with E-state index in [-0.39, 0.29) is 7.77 Å². The average molecular weight is 252 g/mol. The highest BCUT2D eigenvalue weighted by Crippen LogP contribution is 2.53. The molecule has 0 atom stereocenters. The van der Waals surface area contributed by atoms with Crippen molar-refractivity contribution in [3.63, 3.8) is 0 Å². The SMILES string of the molecule is CN1CCN(C)P1[Si](C)(C)c1ccccc1. The van der Waals surface area contributed by atoms with Crippen LogP contribution >= 0.6 is 7.77 Å². The van der Waals surface area contributed by atoms with Gasteiger partial charge in [0.05, 0.1) is 0 Å². The standard InChI is InChI=1S/C12H21N2PSi/c1-13-10-11-14(2)15(13)16(3,4)12-8-6-5-7-9-12/h5-9H,10-11H2,1-4H3. The van der Waals surface area contributed by atoms with Crippen molar-refractivity contribution in [2.75, 3.05) is 27.2 Å². The number of likely N-dealkylation sites (N-methyl/N-ethyl adjacent to an activating group) is 2. The van der Waals surface area contributed by atoms with Gasteiger partial charge in [0.15, 0.2) is 0 Å². The van der Waals surface area contributed by atoms with Crippen LogP contribution in [-0.2, 0) is 0 Å². The molecule has 88 valence electrons. The Morgan fingerprint density at radius 3 is 2.00 bits per heavy atom. The van der Waals surface area contributed by atoms with Crippen LogP contribution in [0.3, 0.4) is 0 Å². The summed E-state index contributed by atoms with van der Waals surface area (Å²) in [4.78, 5) is 0. The Morgan fingerprint density at radius 2 is 1.50 bits per heavy atom. The maximum Gasteiger partial charge on any atom is 0.142 e. The van der Waals surface area contributed by atoms with Gasteiger partial charge in [-0.1, -0.05) is 48.6 Å². The van der Waals surface area contributed by atoms with E-state index >= 15 is 0 Å². The van der Waals surface area contributed by atoms with Crippen molar-refractivity contribution in [1.82, 2.24) is 9.34 Å². The first kappa shape index (κ1) is 12.2. The first-order valence-corrected chi connectivity index (χ1v) is 10.9. The minimum atomic E-state index is -1.36. The molecule has 16 heavy (non-hydrogen) atoms. The van der Waals surface area contributed by atoms with Crippen molar-refractivity contribution in [3.8, 4) is 0 Å².